The van der Waals surface area contributed by atoms with Crippen molar-refractivity contribution in [2.45, 2.75) is 37.0 Å². The Labute approximate surface area is 157 Å². The molecule has 2 saturated heterocycles. The minimum absolute atomic E-state index is 0.113. The number of benzene rings is 1. The van der Waals surface area contributed by atoms with E-state index in [9.17, 15) is 9.59 Å². The van der Waals surface area contributed by atoms with Gasteiger partial charge in [0.2, 0.25) is 5.91 Å². The van der Waals surface area contributed by atoms with Gasteiger partial charge in [-0.25, -0.2) is 0 Å². The summed E-state index contributed by atoms with van der Waals surface area (Å²) in [6.45, 7) is 0.812. The van der Waals surface area contributed by atoms with E-state index in [1.807, 2.05) is 4.90 Å². The fraction of sp³-hybridized carbons (Fsp3) is 0.579. The Morgan fingerprint density at radius 3 is 2.88 bits per heavy atom. The summed E-state index contributed by atoms with van der Waals surface area (Å²) in [5.74, 6) is 3.25. The van der Waals surface area contributed by atoms with Crippen molar-refractivity contribution in [2.24, 2.45) is 5.92 Å². The van der Waals surface area contributed by atoms with Crippen molar-refractivity contribution in [1.29, 1.82) is 0 Å². The van der Waals surface area contributed by atoms with Crippen LogP contribution in [-0.4, -0.2) is 51.9 Å². The predicted octanol–water partition coefficient (Wildman–Crippen LogP) is 2.31. The smallest absolute Gasteiger partial charge is 0.242 e. The molecular formula is C19H24N2O2S2. The summed E-state index contributed by atoms with van der Waals surface area (Å²) in [6, 6.07) is 8.25. The molecule has 134 valence electrons. The molecule has 3 atom stereocenters. The number of rotatable bonds is 4. The number of ketones is 1. The summed E-state index contributed by atoms with van der Waals surface area (Å²) in [5.41, 5.74) is 2.83. The summed E-state index contributed by atoms with van der Waals surface area (Å²) in [4.78, 5) is 27.5. The molecule has 4 rings (SSSR count). The first-order chi connectivity index (χ1) is 12.2. The van der Waals surface area contributed by atoms with Gasteiger partial charge in [-0.15, -0.1) is 23.5 Å². The van der Waals surface area contributed by atoms with Crippen molar-refractivity contribution in [2.75, 3.05) is 24.1 Å². The molecule has 3 aliphatic rings. The van der Waals surface area contributed by atoms with Crippen molar-refractivity contribution >= 4 is 35.2 Å². The van der Waals surface area contributed by atoms with E-state index in [1.165, 1.54) is 11.1 Å². The Balaban J connectivity index is 1.38. The molecule has 6 heteroatoms. The van der Waals surface area contributed by atoms with Crippen molar-refractivity contribution in [3.63, 3.8) is 0 Å². The minimum Gasteiger partial charge on any atom is -0.331 e. The molecule has 1 aromatic carbocycles. The van der Waals surface area contributed by atoms with Gasteiger partial charge in [-0.3, -0.25) is 14.9 Å². The van der Waals surface area contributed by atoms with E-state index in [4.69, 9.17) is 0 Å². The number of aryl methyl sites for hydroxylation is 1. The average Bonchev–Trinajstić information content (AvgIpc) is 3.33. The molecule has 0 radical (unpaired) electrons. The molecule has 0 saturated carbocycles. The SMILES string of the molecule is O=C(CC1CCc2ccccc2C1)C1SCN[C@@H]1C(=O)N1CCSC1. The molecule has 25 heavy (non-hydrogen) atoms. The van der Waals surface area contributed by atoms with Crippen LogP contribution in [0.5, 0.6) is 0 Å². The summed E-state index contributed by atoms with van der Waals surface area (Å²) >= 11 is 3.39. The Bertz CT molecular complexity index is 661. The van der Waals surface area contributed by atoms with E-state index >= 15 is 0 Å². The number of nitrogens with zero attached hydrogens (tertiary/aromatic N) is 1. The van der Waals surface area contributed by atoms with Crippen LogP contribution in [-0.2, 0) is 22.4 Å². The van der Waals surface area contributed by atoms with Crippen molar-refractivity contribution in [3.05, 3.63) is 35.4 Å². The quantitative estimate of drug-likeness (QED) is 0.874. The second kappa shape index (κ2) is 7.72. The highest BCUT2D eigenvalue weighted by atomic mass is 32.2. The van der Waals surface area contributed by atoms with Gasteiger partial charge in [-0.1, -0.05) is 24.3 Å². The second-order valence-corrected chi connectivity index (χ2v) is 9.30. The topological polar surface area (TPSA) is 49.4 Å². The number of amides is 1. The lowest BCUT2D eigenvalue weighted by Crippen LogP contribution is -2.49. The van der Waals surface area contributed by atoms with Crippen LogP contribution < -0.4 is 5.32 Å². The zero-order valence-corrected chi connectivity index (χ0v) is 15.9. The van der Waals surface area contributed by atoms with Gasteiger partial charge < -0.3 is 4.90 Å². The summed E-state index contributed by atoms with van der Waals surface area (Å²) in [5, 5.41) is 3.05. The molecule has 1 N–H and O–H groups in total. The lowest BCUT2D eigenvalue weighted by molar-refractivity contribution is -0.133. The van der Waals surface area contributed by atoms with Crippen LogP contribution in [0.25, 0.3) is 0 Å². The van der Waals surface area contributed by atoms with Crippen molar-refractivity contribution in [1.82, 2.24) is 10.2 Å². The number of hydrogen-bond donors (Lipinski definition) is 1. The Morgan fingerprint density at radius 1 is 1.24 bits per heavy atom. The third-order valence-electron chi connectivity index (χ3n) is 5.46. The third kappa shape index (κ3) is 3.76. The normalized spacial score (nSPS) is 28.8. The van der Waals surface area contributed by atoms with Gasteiger partial charge in [0.1, 0.15) is 11.8 Å². The number of carbonyl (C=O) groups is 2. The van der Waals surface area contributed by atoms with Gasteiger partial charge in [-0.05, 0) is 36.3 Å². The monoisotopic (exact) mass is 376 g/mol. The van der Waals surface area contributed by atoms with E-state index in [-0.39, 0.29) is 23.0 Å². The standard InChI is InChI=1S/C19H24N2O2S2/c22-16(10-13-5-6-14-3-1-2-4-15(14)9-13)18-17(20-11-25-18)19(23)21-7-8-24-12-21/h1-4,13,17-18,20H,5-12H2/t13?,17-,18?/m0/s1. The first-order valence-corrected chi connectivity index (χ1v) is 11.2. The molecule has 4 nitrogen and oxygen atoms in total. The molecular weight excluding hydrogens is 352 g/mol. The van der Waals surface area contributed by atoms with Crippen LogP contribution in [0.15, 0.2) is 24.3 Å². The molecule has 2 fully saturated rings. The molecule has 0 bridgehead atoms. The van der Waals surface area contributed by atoms with E-state index in [0.29, 0.717) is 18.2 Å². The van der Waals surface area contributed by atoms with Crippen LogP contribution >= 0.6 is 23.5 Å². The van der Waals surface area contributed by atoms with E-state index in [1.54, 1.807) is 23.5 Å². The zero-order valence-electron chi connectivity index (χ0n) is 14.3. The minimum atomic E-state index is -0.327. The molecule has 1 amide bonds. The Kier molecular flexibility index (Phi) is 5.39. The van der Waals surface area contributed by atoms with E-state index in [0.717, 1.165) is 37.4 Å². The highest BCUT2D eigenvalue weighted by Gasteiger charge is 2.41. The van der Waals surface area contributed by atoms with Crippen LogP contribution in [0.2, 0.25) is 0 Å². The summed E-state index contributed by atoms with van der Waals surface area (Å²) in [6.07, 6.45) is 3.74. The van der Waals surface area contributed by atoms with Gasteiger partial charge in [0, 0.05) is 24.6 Å². The molecule has 1 aliphatic carbocycles. The van der Waals surface area contributed by atoms with Gasteiger partial charge >= 0.3 is 0 Å². The van der Waals surface area contributed by atoms with Crippen molar-refractivity contribution < 1.29 is 9.59 Å². The molecule has 2 heterocycles. The highest BCUT2D eigenvalue weighted by molar-refractivity contribution is 8.01. The van der Waals surface area contributed by atoms with Gasteiger partial charge in [0.05, 0.1) is 11.1 Å². The van der Waals surface area contributed by atoms with Crippen LogP contribution in [0.4, 0.5) is 0 Å². The largest absolute Gasteiger partial charge is 0.331 e. The van der Waals surface area contributed by atoms with E-state index < -0.39 is 0 Å². The fourth-order valence-corrected chi connectivity index (χ4v) is 6.16. The summed E-state index contributed by atoms with van der Waals surface area (Å²) in [7, 11) is 0. The zero-order chi connectivity index (χ0) is 17.2. The van der Waals surface area contributed by atoms with Gasteiger partial charge in [0.25, 0.3) is 0 Å². The average molecular weight is 377 g/mol. The first kappa shape index (κ1) is 17.4. The highest BCUT2D eigenvalue weighted by Crippen LogP contribution is 2.31. The fourth-order valence-electron chi connectivity index (χ4n) is 4.06. The summed E-state index contributed by atoms with van der Waals surface area (Å²) < 4.78 is 0. The van der Waals surface area contributed by atoms with Gasteiger partial charge in [0.15, 0.2) is 0 Å². The van der Waals surface area contributed by atoms with Crippen molar-refractivity contribution in [3.8, 4) is 0 Å². The van der Waals surface area contributed by atoms with Crippen LogP contribution in [0, 0.1) is 5.92 Å². The molecule has 0 aromatic heterocycles. The lowest BCUT2D eigenvalue weighted by atomic mass is 9.81. The predicted molar refractivity (Wildman–Crippen MR) is 104 cm³/mol. The van der Waals surface area contributed by atoms with Gasteiger partial charge in [-0.2, -0.15) is 0 Å². The Morgan fingerprint density at radius 2 is 2.08 bits per heavy atom. The van der Waals surface area contributed by atoms with Crippen LogP contribution in [0.3, 0.4) is 0 Å². The third-order valence-corrected chi connectivity index (χ3v) is 7.65. The van der Waals surface area contributed by atoms with Crippen LogP contribution in [0.1, 0.15) is 24.0 Å². The maximum absolute atomic E-state index is 12.9. The number of Topliss-reactive ketones (excluding diaryl/α,β-unsaturated/α-hetero) is 1. The Hall–Kier alpha value is -0.980. The maximum Gasteiger partial charge on any atom is 0.242 e. The molecule has 1 aromatic rings. The maximum atomic E-state index is 12.9. The number of fused-ring (bicyclic) bond motifs is 1. The number of hydrogen-bond acceptors (Lipinski definition) is 5. The molecule has 0 spiro atoms. The first-order valence-electron chi connectivity index (χ1n) is 9.03. The number of carbonyl (C=O) groups excluding carboxylic acids is 2. The lowest BCUT2D eigenvalue weighted by Gasteiger charge is -2.26. The van der Waals surface area contributed by atoms with E-state index in [2.05, 4.69) is 29.6 Å². The molecule has 2 unspecified atom stereocenters. The second-order valence-electron chi connectivity index (χ2n) is 7.10. The number of thioether (sulfide) groups is 2. The number of nitrogens with one attached hydrogen (secondary N) is 1. The molecule has 2 aliphatic heterocycles.